The summed E-state index contributed by atoms with van der Waals surface area (Å²) in [6.07, 6.45) is 8.92. The van der Waals surface area contributed by atoms with Gasteiger partial charge in [-0.15, -0.1) is 0 Å². The Balaban J connectivity index is 0.000000200. The highest BCUT2D eigenvalue weighted by Crippen LogP contribution is 2.03. The maximum atomic E-state index is 10.7. The Morgan fingerprint density at radius 2 is 1.00 bits per heavy atom. The number of halogens is 2. The fourth-order valence-corrected chi connectivity index (χ4v) is 1.90. The van der Waals surface area contributed by atoms with Crippen molar-refractivity contribution in [2.75, 3.05) is 12.5 Å². The van der Waals surface area contributed by atoms with Crippen molar-refractivity contribution >= 4 is 44.8 Å². The molecule has 6 nitrogen and oxygen atoms in total. The molecule has 10 heteroatoms. The molecule has 0 radical (unpaired) electrons. The topological polar surface area (TPSA) is 85.7 Å². The summed E-state index contributed by atoms with van der Waals surface area (Å²) in [6, 6.07) is 0. The Kier molecular flexibility index (Phi) is 7.14. The van der Waals surface area contributed by atoms with Crippen LogP contribution in [0.25, 0.3) is 0 Å². The molecule has 20 heavy (non-hydrogen) atoms. The zero-order valence-corrected chi connectivity index (χ0v) is 13.6. The van der Waals surface area contributed by atoms with E-state index in [0.717, 1.165) is 0 Å². The van der Waals surface area contributed by atoms with Gasteiger partial charge in [0.05, 0.1) is 31.4 Å². The van der Waals surface area contributed by atoms with Crippen LogP contribution < -0.4 is 0 Å². The van der Waals surface area contributed by atoms with Crippen molar-refractivity contribution in [1.29, 1.82) is 0 Å². The van der Waals surface area contributed by atoms with Gasteiger partial charge in [-0.1, -0.05) is 0 Å². The number of rotatable bonds is 2. The van der Waals surface area contributed by atoms with Gasteiger partial charge in [0.2, 0.25) is 10.6 Å². The van der Waals surface area contributed by atoms with E-state index in [2.05, 4.69) is 19.9 Å². The van der Waals surface area contributed by atoms with Crippen LogP contribution in [0, 0.1) is 0 Å². The monoisotopic (exact) mass is 352 g/mol. The summed E-state index contributed by atoms with van der Waals surface area (Å²) in [5, 5.41) is 0.350. The molecule has 0 saturated carbocycles. The number of aromatic nitrogens is 4. The van der Waals surface area contributed by atoms with Gasteiger partial charge in [0, 0.05) is 37.3 Å². The second-order valence-corrected chi connectivity index (χ2v) is 6.72. The van der Waals surface area contributed by atoms with Crippen LogP contribution >= 0.6 is 23.2 Å². The molecule has 0 fully saturated rings. The molecule has 0 N–H and O–H groups in total. The first-order chi connectivity index (χ1) is 9.40. The van der Waals surface area contributed by atoms with E-state index in [1.54, 1.807) is 12.5 Å². The van der Waals surface area contributed by atoms with Gasteiger partial charge in [-0.05, 0) is 23.2 Å². The summed E-state index contributed by atoms with van der Waals surface area (Å²) in [4.78, 5) is 15.8. The molecule has 2 aromatic rings. The molecule has 2 aromatic heterocycles. The molecule has 0 aliphatic carbocycles. The summed E-state index contributed by atoms with van der Waals surface area (Å²) < 4.78 is 21.5. The lowest BCUT2D eigenvalue weighted by molar-refractivity contribution is 0.685. The van der Waals surface area contributed by atoms with Crippen molar-refractivity contribution in [2.45, 2.75) is 9.79 Å². The second-order valence-electron chi connectivity index (χ2n) is 3.28. The molecule has 0 spiro atoms. The predicted molar refractivity (Wildman–Crippen MR) is 78.7 cm³/mol. The minimum Gasteiger partial charge on any atom is -0.255 e. The largest absolute Gasteiger partial charge is 0.255 e. The van der Waals surface area contributed by atoms with Crippen LogP contribution in [0.1, 0.15) is 0 Å². The first-order valence-electron chi connectivity index (χ1n) is 5.02. The third-order valence-electron chi connectivity index (χ3n) is 1.86. The van der Waals surface area contributed by atoms with E-state index in [4.69, 9.17) is 23.2 Å². The summed E-state index contributed by atoms with van der Waals surface area (Å²) >= 11 is 10.8. The van der Waals surface area contributed by atoms with Gasteiger partial charge in [-0.2, -0.15) is 0 Å². The molecule has 0 amide bonds. The van der Waals surface area contributed by atoms with Crippen LogP contribution in [0.4, 0.5) is 0 Å². The van der Waals surface area contributed by atoms with Crippen LogP contribution in [0.5, 0.6) is 0 Å². The van der Waals surface area contributed by atoms with Gasteiger partial charge in [-0.3, -0.25) is 8.42 Å². The first kappa shape index (κ1) is 17.1. The van der Waals surface area contributed by atoms with Crippen molar-refractivity contribution in [3.8, 4) is 0 Å². The molecule has 0 bridgehead atoms. The molecule has 2 rings (SSSR count). The van der Waals surface area contributed by atoms with E-state index < -0.39 is 21.6 Å². The molecule has 108 valence electrons. The van der Waals surface area contributed by atoms with Crippen molar-refractivity contribution in [3.05, 3.63) is 35.4 Å². The number of nitrogens with zero attached hydrogens (tertiary/aromatic N) is 4. The fourth-order valence-electron chi connectivity index (χ4n) is 0.898. The van der Waals surface area contributed by atoms with Crippen LogP contribution in [-0.4, -0.2) is 40.9 Å². The van der Waals surface area contributed by atoms with Gasteiger partial charge >= 0.3 is 0 Å². The van der Waals surface area contributed by atoms with Gasteiger partial charge in [-0.25, -0.2) is 19.9 Å². The Bertz CT molecular complexity index is 552. The maximum absolute atomic E-state index is 10.7. The third-order valence-corrected chi connectivity index (χ3v) is 4.00. The van der Waals surface area contributed by atoms with Crippen LogP contribution in [0.3, 0.4) is 0 Å². The molecular weight excluding hydrogens is 343 g/mol. The van der Waals surface area contributed by atoms with Crippen molar-refractivity contribution in [1.82, 2.24) is 19.9 Å². The molecule has 2 atom stereocenters. The fraction of sp³-hybridized carbons (Fsp3) is 0.200. The van der Waals surface area contributed by atoms with E-state index in [1.807, 2.05) is 0 Å². The molecule has 0 unspecified atom stereocenters. The lowest BCUT2D eigenvalue weighted by Gasteiger charge is -1.91. The first-order valence-corrected chi connectivity index (χ1v) is 8.89. The predicted octanol–water partition coefficient (Wildman–Crippen LogP) is 1.73. The van der Waals surface area contributed by atoms with Crippen LogP contribution in [0.15, 0.2) is 34.6 Å². The van der Waals surface area contributed by atoms with E-state index in [-0.39, 0.29) is 10.6 Å². The van der Waals surface area contributed by atoms with E-state index in [1.165, 1.54) is 24.8 Å². The Morgan fingerprint density at radius 3 is 1.20 bits per heavy atom. The molecule has 0 aliphatic rings. The van der Waals surface area contributed by atoms with Gasteiger partial charge in [0.1, 0.15) is 0 Å². The average molecular weight is 353 g/mol. The maximum Gasteiger partial charge on any atom is 0.222 e. The lowest BCUT2D eigenvalue weighted by Crippen LogP contribution is -1.90. The summed E-state index contributed by atoms with van der Waals surface area (Å²) in [5.41, 5.74) is 0. The number of hydrogen-bond donors (Lipinski definition) is 0. The second kappa shape index (κ2) is 8.35. The van der Waals surface area contributed by atoms with Crippen LogP contribution in [-0.2, 0) is 21.6 Å². The van der Waals surface area contributed by atoms with E-state index >= 15 is 0 Å². The Hall–Kier alpha value is -0.960. The normalized spacial score (nSPS) is 13.0. The summed E-state index contributed by atoms with van der Waals surface area (Å²) in [5.74, 6) is 0. The summed E-state index contributed by atoms with van der Waals surface area (Å²) in [7, 11) is -2.04. The average Bonchev–Trinajstić information content (AvgIpc) is 2.40. The molecule has 0 aromatic carbocycles. The highest BCUT2D eigenvalue weighted by molar-refractivity contribution is 7.84. The third kappa shape index (κ3) is 6.00. The zero-order chi connectivity index (χ0) is 15.1. The molecule has 2 heterocycles. The quantitative estimate of drug-likeness (QED) is 0.765. The van der Waals surface area contributed by atoms with E-state index in [0.29, 0.717) is 9.79 Å². The Labute approximate surface area is 130 Å². The van der Waals surface area contributed by atoms with Gasteiger partial charge in [0.25, 0.3) is 0 Å². The smallest absolute Gasteiger partial charge is 0.222 e. The highest BCUT2D eigenvalue weighted by atomic mass is 35.5. The SMILES string of the molecule is C[S@@](=O)c1cnc(Cl)nc1.C[S@](=O)c1cnc(Cl)nc1. The standard InChI is InChI=1S/2C5H5ClN2OS/c2*1-10(9)4-2-7-5(6)8-3-4/h2*2-3H,1H3/t2*10-/m10/s1. The van der Waals surface area contributed by atoms with Crippen molar-refractivity contribution in [2.24, 2.45) is 0 Å². The highest BCUT2D eigenvalue weighted by Gasteiger charge is 1.97. The van der Waals surface area contributed by atoms with Crippen molar-refractivity contribution < 1.29 is 8.42 Å². The summed E-state index contributed by atoms with van der Waals surface area (Å²) in [6.45, 7) is 0. The minimum absolute atomic E-state index is 0.175. The Morgan fingerprint density at radius 1 is 0.750 bits per heavy atom. The van der Waals surface area contributed by atoms with E-state index in [9.17, 15) is 8.42 Å². The van der Waals surface area contributed by atoms with Gasteiger partial charge in [0.15, 0.2) is 0 Å². The lowest BCUT2D eigenvalue weighted by atomic mass is 10.7. The van der Waals surface area contributed by atoms with Crippen LogP contribution in [0.2, 0.25) is 10.6 Å². The van der Waals surface area contributed by atoms with Gasteiger partial charge < -0.3 is 0 Å². The van der Waals surface area contributed by atoms with Crippen molar-refractivity contribution in [3.63, 3.8) is 0 Å². The molecular formula is C10H10Cl2N4O2S2. The number of hydrogen-bond acceptors (Lipinski definition) is 6. The minimum atomic E-state index is -1.02. The molecule has 0 aliphatic heterocycles. The molecule has 0 saturated heterocycles. The zero-order valence-electron chi connectivity index (χ0n) is 10.5.